The lowest BCUT2D eigenvalue weighted by molar-refractivity contribution is 0.392. The molecular formula is C17H18N2O4S. The number of benzene rings is 2. The minimum absolute atomic E-state index is 0.0864. The Labute approximate surface area is 141 Å². The van der Waals surface area contributed by atoms with E-state index in [1.54, 1.807) is 18.2 Å². The highest BCUT2D eigenvalue weighted by Gasteiger charge is 2.25. The summed E-state index contributed by atoms with van der Waals surface area (Å²) in [6.07, 6.45) is 0. The number of hydrogen-bond donors (Lipinski definition) is 1. The molecule has 0 fully saturated rings. The summed E-state index contributed by atoms with van der Waals surface area (Å²) in [5.74, 6) is 0.545. The van der Waals surface area contributed by atoms with Crippen molar-refractivity contribution in [1.29, 1.82) is 5.26 Å². The third-order valence-electron chi connectivity index (χ3n) is 3.47. The first-order valence-electron chi connectivity index (χ1n) is 7.12. The van der Waals surface area contributed by atoms with Crippen LogP contribution in [0.15, 0.2) is 47.4 Å². The molecule has 0 spiro atoms. The van der Waals surface area contributed by atoms with Crippen molar-refractivity contribution in [3.05, 3.63) is 53.6 Å². The van der Waals surface area contributed by atoms with Crippen LogP contribution in [-0.2, 0) is 10.0 Å². The first kappa shape index (κ1) is 17.8. The molecule has 7 heteroatoms. The lowest BCUT2D eigenvalue weighted by Crippen LogP contribution is -2.28. The maximum atomic E-state index is 12.7. The number of aryl methyl sites for hydroxylation is 1. The van der Waals surface area contributed by atoms with Crippen molar-refractivity contribution >= 4 is 10.0 Å². The number of nitriles is 1. The Balaban J connectivity index is 2.40. The average Bonchev–Trinajstić information content (AvgIpc) is 2.60. The number of nitrogens with one attached hydrogen (secondary N) is 1. The fraction of sp³-hybridized carbons (Fsp3) is 0.235. The molecule has 0 bridgehead atoms. The molecule has 0 aliphatic rings. The van der Waals surface area contributed by atoms with Crippen molar-refractivity contribution in [1.82, 2.24) is 4.72 Å². The maximum absolute atomic E-state index is 12.7. The van der Waals surface area contributed by atoms with Gasteiger partial charge in [0.15, 0.2) is 0 Å². The van der Waals surface area contributed by atoms with E-state index in [4.69, 9.17) is 9.47 Å². The van der Waals surface area contributed by atoms with Gasteiger partial charge in [0.2, 0.25) is 10.0 Å². The van der Waals surface area contributed by atoms with Crippen LogP contribution in [0, 0.1) is 18.3 Å². The number of methoxy groups -OCH3 is 2. The van der Waals surface area contributed by atoms with Crippen LogP contribution in [0.5, 0.6) is 11.5 Å². The van der Waals surface area contributed by atoms with Gasteiger partial charge in [-0.3, -0.25) is 0 Å². The second kappa shape index (κ2) is 7.34. The fourth-order valence-electron chi connectivity index (χ4n) is 2.14. The number of sulfonamides is 1. The minimum atomic E-state index is -3.98. The summed E-state index contributed by atoms with van der Waals surface area (Å²) in [6, 6.07) is 12.5. The van der Waals surface area contributed by atoms with Crippen molar-refractivity contribution in [2.45, 2.75) is 17.9 Å². The van der Waals surface area contributed by atoms with E-state index < -0.39 is 16.1 Å². The lowest BCUT2D eigenvalue weighted by atomic mass is 10.1. The topological polar surface area (TPSA) is 88.4 Å². The monoisotopic (exact) mass is 346 g/mol. The van der Waals surface area contributed by atoms with Gasteiger partial charge in [-0.05, 0) is 24.6 Å². The van der Waals surface area contributed by atoms with Crippen LogP contribution < -0.4 is 14.2 Å². The highest BCUT2D eigenvalue weighted by molar-refractivity contribution is 7.89. The molecule has 0 amide bonds. The molecule has 24 heavy (non-hydrogen) atoms. The molecule has 2 aromatic rings. The Kier molecular flexibility index (Phi) is 5.44. The number of hydrogen-bond acceptors (Lipinski definition) is 5. The van der Waals surface area contributed by atoms with E-state index in [-0.39, 0.29) is 10.6 Å². The second-order valence-corrected chi connectivity index (χ2v) is 6.79. The molecule has 1 unspecified atom stereocenters. The van der Waals surface area contributed by atoms with Crippen molar-refractivity contribution < 1.29 is 17.9 Å². The summed E-state index contributed by atoms with van der Waals surface area (Å²) in [6.45, 7) is 1.91. The highest BCUT2D eigenvalue weighted by atomic mass is 32.2. The van der Waals surface area contributed by atoms with Crippen LogP contribution in [0.1, 0.15) is 17.2 Å². The van der Waals surface area contributed by atoms with Gasteiger partial charge in [-0.1, -0.05) is 29.8 Å². The van der Waals surface area contributed by atoms with Crippen LogP contribution in [0.25, 0.3) is 0 Å². The lowest BCUT2D eigenvalue weighted by Gasteiger charge is -2.15. The fourth-order valence-corrected chi connectivity index (χ4v) is 3.45. The summed E-state index contributed by atoms with van der Waals surface area (Å²) in [5.41, 5.74) is 1.58. The molecule has 0 aliphatic carbocycles. The molecule has 0 saturated heterocycles. The predicted molar refractivity (Wildman–Crippen MR) is 89.4 cm³/mol. The molecule has 0 aliphatic heterocycles. The molecule has 1 N–H and O–H groups in total. The normalized spacial score (nSPS) is 12.2. The van der Waals surface area contributed by atoms with Crippen LogP contribution in [0.4, 0.5) is 0 Å². The summed E-state index contributed by atoms with van der Waals surface area (Å²) in [5, 5.41) is 9.35. The molecule has 2 aromatic carbocycles. The molecule has 126 valence electrons. The van der Waals surface area contributed by atoms with E-state index in [0.717, 1.165) is 5.56 Å². The van der Waals surface area contributed by atoms with Crippen LogP contribution >= 0.6 is 0 Å². The molecule has 0 saturated carbocycles. The molecule has 0 aromatic heterocycles. The Bertz CT molecular complexity index is 855. The van der Waals surface area contributed by atoms with E-state index in [2.05, 4.69) is 4.72 Å². The van der Waals surface area contributed by atoms with E-state index in [1.165, 1.54) is 26.4 Å². The van der Waals surface area contributed by atoms with Crippen LogP contribution in [0.3, 0.4) is 0 Å². The van der Waals surface area contributed by atoms with Crippen molar-refractivity contribution in [2.75, 3.05) is 14.2 Å². The SMILES string of the molecule is COc1ccc(OC)c(S(=O)(=O)NC(C#N)c2ccc(C)cc2)c1. The zero-order chi connectivity index (χ0) is 17.7. The van der Waals surface area contributed by atoms with Gasteiger partial charge >= 0.3 is 0 Å². The third kappa shape index (κ3) is 3.85. The first-order valence-corrected chi connectivity index (χ1v) is 8.60. The predicted octanol–water partition coefficient (Wildman–Crippen LogP) is 2.56. The number of rotatable bonds is 6. The van der Waals surface area contributed by atoms with Gasteiger partial charge < -0.3 is 9.47 Å². The van der Waals surface area contributed by atoms with Gasteiger partial charge in [-0.15, -0.1) is 0 Å². The smallest absolute Gasteiger partial charge is 0.245 e. The molecule has 2 rings (SSSR count). The van der Waals surface area contributed by atoms with Gasteiger partial charge in [0.05, 0.1) is 20.3 Å². The highest BCUT2D eigenvalue weighted by Crippen LogP contribution is 2.29. The van der Waals surface area contributed by atoms with E-state index >= 15 is 0 Å². The Hall–Kier alpha value is -2.56. The Morgan fingerprint density at radius 3 is 2.29 bits per heavy atom. The first-order chi connectivity index (χ1) is 11.4. The van der Waals surface area contributed by atoms with Gasteiger partial charge in [0.25, 0.3) is 0 Å². The maximum Gasteiger partial charge on any atom is 0.245 e. The quantitative estimate of drug-likeness (QED) is 0.868. The van der Waals surface area contributed by atoms with E-state index in [0.29, 0.717) is 11.3 Å². The number of ether oxygens (including phenoxy) is 2. The van der Waals surface area contributed by atoms with Crippen molar-refractivity contribution in [3.8, 4) is 17.6 Å². The van der Waals surface area contributed by atoms with Gasteiger partial charge in [-0.25, -0.2) is 8.42 Å². The molecule has 0 heterocycles. The van der Waals surface area contributed by atoms with E-state index in [1.807, 2.05) is 25.1 Å². The van der Waals surface area contributed by atoms with Gasteiger partial charge in [-0.2, -0.15) is 9.98 Å². The van der Waals surface area contributed by atoms with Crippen LogP contribution in [-0.4, -0.2) is 22.6 Å². The van der Waals surface area contributed by atoms with Crippen molar-refractivity contribution in [2.24, 2.45) is 0 Å². The minimum Gasteiger partial charge on any atom is -0.497 e. The Morgan fingerprint density at radius 1 is 1.08 bits per heavy atom. The van der Waals surface area contributed by atoms with Crippen LogP contribution in [0.2, 0.25) is 0 Å². The molecule has 6 nitrogen and oxygen atoms in total. The molecular weight excluding hydrogens is 328 g/mol. The van der Waals surface area contributed by atoms with Gasteiger partial charge in [0, 0.05) is 6.07 Å². The molecule has 0 radical (unpaired) electrons. The van der Waals surface area contributed by atoms with Gasteiger partial charge in [0.1, 0.15) is 22.4 Å². The zero-order valence-electron chi connectivity index (χ0n) is 13.6. The summed E-state index contributed by atoms with van der Waals surface area (Å²) in [4.78, 5) is -0.0864. The summed E-state index contributed by atoms with van der Waals surface area (Å²) >= 11 is 0. The molecule has 1 atom stereocenters. The standard InChI is InChI=1S/C17H18N2O4S/c1-12-4-6-13(7-5-12)15(11-18)19-24(20,21)17-10-14(22-2)8-9-16(17)23-3/h4-10,15,19H,1-3H3. The Morgan fingerprint density at radius 2 is 1.75 bits per heavy atom. The van der Waals surface area contributed by atoms with Crippen molar-refractivity contribution in [3.63, 3.8) is 0 Å². The third-order valence-corrected chi connectivity index (χ3v) is 4.92. The average molecular weight is 346 g/mol. The summed E-state index contributed by atoms with van der Waals surface area (Å²) < 4.78 is 38.0. The zero-order valence-corrected chi connectivity index (χ0v) is 14.4. The largest absolute Gasteiger partial charge is 0.497 e. The summed E-state index contributed by atoms with van der Waals surface area (Å²) in [7, 11) is -1.16. The van der Waals surface area contributed by atoms with E-state index in [9.17, 15) is 13.7 Å². The second-order valence-electron chi connectivity index (χ2n) is 5.11. The number of nitrogens with zero attached hydrogens (tertiary/aromatic N) is 1.